The normalized spacial score (nSPS) is 21.1. The van der Waals surface area contributed by atoms with Gasteiger partial charge < -0.3 is 5.11 Å². The van der Waals surface area contributed by atoms with Crippen LogP contribution in [0.3, 0.4) is 0 Å². The van der Waals surface area contributed by atoms with Crippen molar-refractivity contribution in [3.63, 3.8) is 0 Å². The molecular weight excluding hydrogens is 289 g/mol. The van der Waals surface area contributed by atoms with Gasteiger partial charge in [0.1, 0.15) is 11.5 Å². The molecule has 0 saturated heterocycles. The fourth-order valence-corrected chi connectivity index (χ4v) is 2.78. The van der Waals surface area contributed by atoms with Crippen molar-refractivity contribution in [1.82, 2.24) is 13.9 Å². The number of halogens is 2. The Hall–Kier alpha value is -0.850. The van der Waals surface area contributed by atoms with E-state index in [4.69, 9.17) is 16.7 Å². The topological polar surface area (TPSA) is 50.9 Å². The predicted molar refractivity (Wildman–Crippen MR) is 75.9 cm³/mol. The van der Waals surface area contributed by atoms with Gasteiger partial charge in [-0.3, -0.25) is 0 Å². The van der Waals surface area contributed by atoms with Crippen molar-refractivity contribution in [3.8, 4) is 0 Å². The molecule has 1 aliphatic rings. The molecule has 1 aliphatic carbocycles. The molecule has 0 bridgehead atoms. The molecule has 0 aliphatic heterocycles. The van der Waals surface area contributed by atoms with E-state index in [9.17, 15) is 3.89 Å². The molecule has 1 fully saturated rings. The van der Waals surface area contributed by atoms with Crippen molar-refractivity contribution < 1.29 is 8.99 Å². The van der Waals surface area contributed by atoms with Crippen LogP contribution in [-0.4, -0.2) is 25.7 Å². The third-order valence-corrected chi connectivity index (χ3v) is 3.88. The summed E-state index contributed by atoms with van der Waals surface area (Å²) in [5.74, 6) is 0.481. The Morgan fingerprint density at radius 1 is 1.53 bits per heavy atom. The van der Waals surface area contributed by atoms with E-state index in [0.717, 1.165) is 12.0 Å². The summed E-state index contributed by atoms with van der Waals surface area (Å²) in [6, 6.07) is 0. The largest absolute Gasteiger partial charge is 0.396 e. The van der Waals surface area contributed by atoms with Crippen LogP contribution in [0.1, 0.15) is 31.7 Å². The quantitative estimate of drug-likeness (QED) is 0.880. The molecule has 0 amide bonds. The number of aliphatic hydroxyl groups is 1. The summed E-state index contributed by atoms with van der Waals surface area (Å²) in [5.41, 5.74) is 1.41. The number of aromatic nitrogens is 3. The van der Waals surface area contributed by atoms with Crippen LogP contribution in [0.15, 0.2) is 12.5 Å². The van der Waals surface area contributed by atoms with Gasteiger partial charge >= 0.3 is 0 Å². The average molecular weight is 304 g/mol. The molecule has 1 saturated carbocycles. The van der Waals surface area contributed by atoms with E-state index < -0.39 is 0 Å². The summed E-state index contributed by atoms with van der Waals surface area (Å²) in [6.07, 6.45) is 3.91. The first-order chi connectivity index (χ1) is 9.26. The van der Waals surface area contributed by atoms with Crippen LogP contribution in [-0.2, 0) is 0 Å². The molecule has 2 aromatic rings. The van der Waals surface area contributed by atoms with E-state index >= 15 is 0 Å². The van der Waals surface area contributed by atoms with Gasteiger partial charge in [-0.15, -0.1) is 3.89 Å². The van der Waals surface area contributed by atoms with Crippen LogP contribution >= 0.6 is 23.9 Å². The number of nitrogens with zero attached hydrogens (tertiary/aromatic N) is 3. The molecule has 19 heavy (non-hydrogen) atoms. The highest BCUT2D eigenvalue weighted by Crippen LogP contribution is 2.50. The number of fused-ring (bicyclic) bond motifs is 1. The summed E-state index contributed by atoms with van der Waals surface area (Å²) in [4.78, 5) is 7.96. The molecule has 0 radical (unpaired) electrons. The van der Waals surface area contributed by atoms with Gasteiger partial charge in [0.15, 0.2) is 18.0 Å². The maximum atomic E-state index is 12.8. The van der Waals surface area contributed by atoms with Crippen molar-refractivity contribution >= 4 is 35.0 Å². The SMILES string of the molecule is CC.OCC1CC1c1cn(SF)c2ncnc(Cl)c12. The fourth-order valence-electron chi connectivity index (χ4n) is 2.19. The van der Waals surface area contributed by atoms with Crippen LogP contribution < -0.4 is 0 Å². The second-order valence-electron chi connectivity index (χ2n) is 4.13. The second kappa shape index (κ2) is 6.07. The van der Waals surface area contributed by atoms with E-state index in [-0.39, 0.29) is 30.8 Å². The molecule has 4 nitrogen and oxygen atoms in total. The molecule has 104 valence electrons. The van der Waals surface area contributed by atoms with Gasteiger partial charge in [-0.1, -0.05) is 25.4 Å². The van der Waals surface area contributed by atoms with Crippen LogP contribution in [0.4, 0.5) is 3.89 Å². The minimum atomic E-state index is 0.0871. The summed E-state index contributed by atoms with van der Waals surface area (Å²) < 4.78 is 14.1. The van der Waals surface area contributed by atoms with E-state index in [1.807, 2.05) is 13.8 Å². The Kier molecular flexibility index (Phi) is 4.65. The monoisotopic (exact) mass is 303 g/mol. The highest BCUT2D eigenvalue weighted by molar-refractivity contribution is 7.92. The van der Waals surface area contributed by atoms with Crippen LogP contribution in [0, 0.1) is 5.92 Å². The van der Waals surface area contributed by atoms with Crippen molar-refractivity contribution in [2.45, 2.75) is 26.2 Å². The maximum Gasteiger partial charge on any atom is 0.171 e. The number of aliphatic hydroxyl groups excluding tert-OH is 1. The molecule has 2 heterocycles. The van der Waals surface area contributed by atoms with Crippen molar-refractivity contribution in [2.75, 3.05) is 6.61 Å². The van der Waals surface area contributed by atoms with Gasteiger partial charge in [0.05, 0.1) is 5.39 Å². The summed E-state index contributed by atoms with van der Waals surface area (Å²) in [6.45, 7) is 4.14. The molecule has 2 unspecified atom stereocenters. The molecule has 1 N–H and O–H groups in total. The van der Waals surface area contributed by atoms with E-state index in [1.165, 1.54) is 10.3 Å². The number of hydrogen-bond acceptors (Lipinski definition) is 4. The van der Waals surface area contributed by atoms with Crippen molar-refractivity contribution in [1.29, 1.82) is 0 Å². The Bertz CT molecular complexity index is 577. The van der Waals surface area contributed by atoms with E-state index in [2.05, 4.69) is 9.97 Å². The zero-order valence-electron chi connectivity index (χ0n) is 10.7. The summed E-state index contributed by atoms with van der Waals surface area (Å²) in [5, 5.41) is 10.1. The van der Waals surface area contributed by atoms with Crippen LogP contribution in [0.2, 0.25) is 5.15 Å². The van der Waals surface area contributed by atoms with Gasteiger partial charge in [-0.25, -0.2) is 13.9 Å². The van der Waals surface area contributed by atoms with E-state index in [0.29, 0.717) is 16.2 Å². The summed E-state index contributed by atoms with van der Waals surface area (Å²) >= 11 is 6.12. The van der Waals surface area contributed by atoms with Gasteiger partial charge in [-0.2, -0.15) is 0 Å². The molecule has 2 atom stereocenters. The zero-order valence-corrected chi connectivity index (χ0v) is 12.2. The maximum absolute atomic E-state index is 12.8. The first-order valence-corrected chi connectivity index (χ1v) is 7.22. The third-order valence-electron chi connectivity index (χ3n) is 3.17. The smallest absolute Gasteiger partial charge is 0.171 e. The highest BCUT2D eigenvalue weighted by atomic mass is 35.5. The second-order valence-corrected chi connectivity index (χ2v) is 5.02. The average Bonchev–Trinajstić information content (AvgIpc) is 3.14. The minimum Gasteiger partial charge on any atom is -0.396 e. The lowest BCUT2D eigenvalue weighted by molar-refractivity contribution is 0.274. The van der Waals surface area contributed by atoms with Crippen molar-refractivity contribution in [3.05, 3.63) is 23.2 Å². The standard InChI is InChI=1S/C10H9ClFN3OS.C2H6/c11-9-8-7(6-1-5(6)3-16)2-15(17-12)10(8)14-4-13-9;1-2/h2,4-6,16H,1,3H2;1-2H3. The lowest BCUT2D eigenvalue weighted by atomic mass is 10.1. The molecule has 7 heteroatoms. The Morgan fingerprint density at radius 2 is 2.26 bits per heavy atom. The van der Waals surface area contributed by atoms with E-state index in [1.54, 1.807) is 6.20 Å². The van der Waals surface area contributed by atoms with Crippen molar-refractivity contribution in [2.24, 2.45) is 5.92 Å². The van der Waals surface area contributed by atoms with Gasteiger partial charge in [0, 0.05) is 12.8 Å². The summed E-state index contributed by atoms with van der Waals surface area (Å²) in [7, 11) is 0. The Labute approximate surface area is 120 Å². The highest BCUT2D eigenvalue weighted by Gasteiger charge is 2.40. The lowest BCUT2D eigenvalue weighted by Gasteiger charge is -1.97. The molecule has 2 aromatic heterocycles. The molecule has 0 aromatic carbocycles. The molecule has 0 spiro atoms. The van der Waals surface area contributed by atoms with Gasteiger partial charge in [-0.05, 0) is 23.8 Å². The van der Waals surface area contributed by atoms with Gasteiger partial charge in [0.2, 0.25) is 0 Å². The lowest BCUT2D eigenvalue weighted by Crippen LogP contribution is -1.89. The fraction of sp³-hybridized carbons (Fsp3) is 0.500. The number of hydrogen-bond donors (Lipinski definition) is 1. The first kappa shape index (κ1) is 14.6. The Morgan fingerprint density at radius 3 is 2.84 bits per heavy atom. The number of rotatable bonds is 3. The first-order valence-electron chi connectivity index (χ1n) is 6.17. The van der Waals surface area contributed by atoms with Crippen LogP contribution in [0.25, 0.3) is 11.0 Å². The zero-order chi connectivity index (χ0) is 14.0. The Balaban J connectivity index is 0.000000637. The molecular formula is C12H15ClFN3OS. The predicted octanol–water partition coefficient (Wildman–Crippen LogP) is 3.59. The van der Waals surface area contributed by atoms with Crippen LogP contribution in [0.5, 0.6) is 0 Å². The molecule has 3 rings (SSSR count). The van der Waals surface area contributed by atoms with Gasteiger partial charge in [0.25, 0.3) is 0 Å². The minimum absolute atomic E-state index is 0.0871. The third kappa shape index (κ3) is 2.57.